The van der Waals surface area contributed by atoms with E-state index in [0.717, 1.165) is 75.5 Å². The lowest BCUT2D eigenvalue weighted by atomic mass is 9.65. The van der Waals surface area contributed by atoms with Crippen LogP contribution in [-0.2, 0) is 10.8 Å². The van der Waals surface area contributed by atoms with E-state index in [1.165, 1.54) is 89.0 Å². The molecule has 0 saturated carbocycles. The Kier molecular flexibility index (Phi) is 11.7. The maximum atomic E-state index is 9.68. The van der Waals surface area contributed by atoms with Gasteiger partial charge >= 0.3 is 0 Å². The number of benzene rings is 9. The van der Waals surface area contributed by atoms with Crippen LogP contribution in [0.2, 0.25) is 0 Å². The number of aromatic nitrogens is 4. The molecule has 9 aromatic carbocycles. The number of thiophene rings is 2. The average Bonchev–Trinajstić information content (AvgIpc) is 1.54. The van der Waals surface area contributed by atoms with Gasteiger partial charge in [0.05, 0.1) is 34.3 Å². The van der Waals surface area contributed by atoms with E-state index in [1.54, 1.807) is 34.8 Å². The first-order valence-corrected chi connectivity index (χ1v) is 30.3. The Balaban J connectivity index is 1.04. The van der Waals surface area contributed by atoms with Crippen molar-refractivity contribution in [2.24, 2.45) is 0 Å². The molecule has 84 heavy (non-hydrogen) atoms. The third-order valence-corrected chi connectivity index (χ3v) is 20.5. The number of allylic oxidation sites excluding steroid dienone is 2. The van der Waals surface area contributed by atoms with Gasteiger partial charge in [-0.15, -0.1) is 22.7 Å². The summed E-state index contributed by atoms with van der Waals surface area (Å²) < 4.78 is 21.4. The van der Waals surface area contributed by atoms with Crippen LogP contribution >= 0.6 is 46.1 Å². The molecule has 2 aliphatic rings. The van der Waals surface area contributed by atoms with Crippen molar-refractivity contribution in [2.45, 2.75) is 38.5 Å². The van der Waals surface area contributed by atoms with Crippen molar-refractivity contribution in [1.29, 1.82) is 21.0 Å². The Hall–Kier alpha value is -10.0. The van der Waals surface area contributed by atoms with Crippen molar-refractivity contribution < 1.29 is 0 Å². The standard InChI is InChI=1S/C72H42N8S4/c1-39-5-15-47(16-6-39)71(48-17-7-40(2)8-18-48)59-31-56-52-26-28-62-58(34-64(82-62)54-24-14-46(30-44(37-75)38-76)68-70(54)80-84-78-68)66(52)72(49-19-9-41(3)10-20-49,50-21-11-42(4)12-22-50)60(56)32-55(59)51-25-27-61-57(65(51)71)33-63(81-61)53-23-13-45(29-43(35-73)36-74)67-69(53)79-83-77-67/h5-34H,1-4H3. The Bertz CT molecular complexity index is 4770. The summed E-state index contributed by atoms with van der Waals surface area (Å²) in [5, 5.41) is 41.0. The molecule has 15 rings (SSSR count). The van der Waals surface area contributed by atoms with Gasteiger partial charge in [0.25, 0.3) is 0 Å². The lowest BCUT2D eigenvalue weighted by molar-refractivity contribution is 0.764. The van der Waals surface area contributed by atoms with Crippen molar-refractivity contribution in [3.63, 3.8) is 0 Å². The highest BCUT2D eigenvalue weighted by Gasteiger charge is 2.53. The molecule has 0 radical (unpaired) electrons. The summed E-state index contributed by atoms with van der Waals surface area (Å²) in [6.45, 7) is 8.61. The number of nitriles is 4. The molecule has 0 bridgehead atoms. The van der Waals surface area contributed by atoms with E-state index in [-0.39, 0.29) is 11.1 Å². The molecule has 0 N–H and O–H groups in total. The van der Waals surface area contributed by atoms with Gasteiger partial charge < -0.3 is 0 Å². The van der Waals surface area contributed by atoms with Crippen LogP contribution in [0.4, 0.5) is 0 Å². The van der Waals surface area contributed by atoms with Gasteiger partial charge in [0.2, 0.25) is 0 Å². The largest absolute Gasteiger partial charge is 0.192 e. The summed E-state index contributed by atoms with van der Waals surface area (Å²) in [6, 6.07) is 71.7. The van der Waals surface area contributed by atoms with Crippen molar-refractivity contribution in [3.05, 3.63) is 259 Å². The zero-order valence-electron chi connectivity index (χ0n) is 45.5. The summed E-state index contributed by atoms with van der Waals surface area (Å²) >= 11 is 5.74. The molecule has 2 aliphatic carbocycles. The van der Waals surface area contributed by atoms with Gasteiger partial charge in [0.15, 0.2) is 0 Å². The molecule has 0 fully saturated rings. The molecule has 13 aromatic rings. The van der Waals surface area contributed by atoms with Crippen LogP contribution < -0.4 is 0 Å². The zero-order chi connectivity index (χ0) is 57.2. The molecular formula is C72H42N8S4. The monoisotopic (exact) mass is 1150 g/mol. The summed E-state index contributed by atoms with van der Waals surface area (Å²) in [4.78, 5) is 2.09. The maximum absolute atomic E-state index is 9.68. The molecule has 0 unspecified atom stereocenters. The van der Waals surface area contributed by atoms with Crippen LogP contribution in [0.15, 0.2) is 181 Å². The minimum Gasteiger partial charge on any atom is -0.192 e. The summed E-state index contributed by atoms with van der Waals surface area (Å²) in [5.41, 5.74) is 23.4. The van der Waals surface area contributed by atoms with E-state index in [0.29, 0.717) is 22.2 Å². The van der Waals surface area contributed by atoms with Crippen molar-refractivity contribution in [2.75, 3.05) is 0 Å². The molecule has 0 spiro atoms. The first kappa shape index (κ1) is 50.9. The second-order valence-corrected chi connectivity index (χ2v) is 25.0. The number of nitrogens with zero attached hydrogens (tertiary/aromatic N) is 8. The Morgan fingerprint density at radius 3 is 1.02 bits per heavy atom. The molecule has 4 heterocycles. The van der Waals surface area contributed by atoms with Gasteiger partial charge in [-0.3, -0.25) is 0 Å². The van der Waals surface area contributed by atoms with Crippen molar-refractivity contribution in [3.8, 4) is 67.4 Å². The Morgan fingerprint density at radius 2 is 0.690 bits per heavy atom. The topological polar surface area (TPSA) is 147 Å². The fraction of sp³-hybridized carbons (Fsp3) is 0.0833. The molecule has 12 heteroatoms. The minimum atomic E-state index is -0.787. The van der Waals surface area contributed by atoms with Gasteiger partial charge in [-0.05, 0) is 154 Å². The molecular weight excluding hydrogens is 1110 g/mol. The molecule has 8 nitrogen and oxygen atoms in total. The van der Waals surface area contributed by atoms with Crippen LogP contribution in [0.1, 0.15) is 77.9 Å². The van der Waals surface area contributed by atoms with E-state index < -0.39 is 10.8 Å². The quantitative estimate of drug-likeness (QED) is 0.137. The van der Waals surface area contributed by atoms with Gasteiger partial charge in [-0.2, -0.15) is 38.5 Å². The van der Waals surface area contributed by atoms with Crippen LogP contribution in [0, 0.1) is 73.0 Å². The lowest BCUT2D eigenvalue weighted by Crippen LogP contribution is -2.30. The van der Waals surface area contributed by atoms with Gasteiger partial charge in [0.1, 0.15) is 57.5 Å². The smallest absolute Gasteiger partial charge is 0.130 e. The van der Waals surface area contributed by atoms with Gasteiger partial charge in [-0.1, -0.05) is 156 Å². The van der Waals surface area contributed by atoms with E-state index >= 15 is 0 Å². The maximum Gasteiger partial charge on any atom is 0.130 e. The summed E-state index contributed by atoms with van der Waals surface area (Å²) in [6.07, 6.45) is 3.18. The SMILES string of the molecule is Cc1ccc(C2(c3ccc(C)cc3)c3cc4c(cc3-c3ccc5sc(-c6ccc(C=C(C#N)C#N)c7nsnc67)cc5c32)C(c2ccc(C)cc2)(c2ccc(C)cc2)c2c-4ccc3sc(-c4ccc(C=C(C#N)C#N)c5nsnc45)cc23)cc1. The van der Waals surface area contributed by atoms with Gasteiger partial charge in [0, 0.05) is 41.4 Å². The fourth-order valence-electron chi connectivity index (χ4n) is 13.3. The summed E-state index contributed by atoms with van der Waals surface area (Å²) in [5.74, 6) is 0. The highest BCUT2D eigenvalue weighted by atomic mass is 32.1. The Labute approximate surface area is 500 Å². The van der Waals surface area contributed by atoms with E-state index in [4.69, 9.17) is 17.5 Å². The van der Waals surface area contributed by atoms with E-state index in [9.17, 15) is 21.0 Å². The van der Waals surface area contributed by atoms with Crippen LogP contribution in [0.5, 0.6) is 0 Å². The van der Waals surface area contributed by atoms with Crippen molar-refractivity contribution >= 4 is 101 Å². The predicted octanol–water partition coefficient (Wildman–Crippen LogP) is 18.3. The average molecular weight is 1150 g/mol. The van der Waals surface area contributed by atoms with Crippen LogP contribution in [0.3, 0.4) is 0 Å². The molecule has 0 amide bonds. The molecule has 0 aliphatic heterocycles. The molecule has 394 valence electrons. The second-order valence-electron chi connectivity index (χ2n) is 21.8. The number of aryl methyl sites for hydroxylation is 4. The molecule has 4 aromatic heterocycles. The molecule has 0 saturated heterocycles. The predicted molar refractivity (Wildman–Crippen MR) is 342 cm³/mol. The number of rotatable bonds is 8. The zero-order valence-corrected chi connectivity index (χ0v) is 48.8. The van der Waals surface area contributed by atoms with Crippen LogP contribution in [0.25, 0.3) is 97.5 Å². The first-order chi connectivity index (χ1) is 41.0. The highest BCUT2D eigenvalue weighted by molar-refractivity contribution is 7.22. The second kappa shape index (κ2) is 19.3. The number of fused-ring (bicyclic) bond motifs is 12. The van der Waals surface area contributed by atoms with Crippen LogP contribution in [-0.4, -0.2) is 17.5 Å². The normalized spacial score (nSPS) is 13.1. The highest BCUT2D eigenvalue weighted by Crippen LogP contribution is 2.65. The third-order valence-electron chi connectivity index (χ3n) is 17.1. The fourth-order valence-corrected chi connectivity index (χ4v) is 16.7. The number of hydrogen-bond donors (Lipinski definition) is 0. The molecule has 0 atom stereocenters. The minimum absolute atomic E-state index is 0.00838. The third kappa shape index (κ3) is 7.36. The summed E-state index contributed by atoms with van der Waals surface area (Å²) in [7, 11) is 0. The van der Waals surface area contributed by atoms with E-state index in [1.807, 2.05) is 36.4 Å². The van der Waals surface area contributed by atoms with Crippen molar-refractivity contribution in [1.82, 2.24) is 17.5 Å². The number of hydrogen-bond acceptors (Lipinski definition) is 12. The first-order valence-electron chi connectivity index (χ1n) is 27.2. The van der Waals surface area contributed by atoms with E-state index in [2.05, 4.69) is 185 Å². The van der Waals surface area contributed by atoms with Gasteiger partial charge in [-0.25, -0.2) is 0 Å². The Morgan fingerprint density at radius 1 is 0.369 bits per heavy atom. The lowest BCUT2D eigenvalue weighted by Gasteiger charge is -2.36.